The standard InChI is InChI=1S/C35H52N4O2/c1-6-39(25-13-9-21-31(39)35(41)37-33-28(4)18-15-19-29(33)5)24-12-7-10-22-38-23-11-8-20-30(38)34(40)36-32-26(2)16-14-17-27(32)3/h14-19,30-31H,6-13,20-25H2,1-5H3,(H-,36,37,40,41)/p+1. The van der Waals surface area contributed by atoms with E-state index in [1.54, 1.807) is 0 Å². The number of carbonyl (C=O) groups excluding carboxylic acids is 2. The van der Waals surface area contributed by atoms with Gasteiger partial charge in [-0.2, -0.15) is 0 Å². The Morgan fingerprint density at radius 1 is 0.780 bits per heavy atom. The lowest BCUT2D eigenvalue weighted by atomic mass is 9.95. The molecule has 0 aromatic heterocycles. The molecular weight excluding hydrogens is 508 g/mol. The number of carbonyl (C=O) groups is 2. The van der Waals surface area contributed by atoms with E-state index in [1.165, 1.54) is 12.8 Å². The number of para-hydroxylation sites is 2. The number of hydrogen-bond acceptors (Lipinski definition) is 3. The minimum Gasteiger partial charge on any atom is -0.324 e. The highest BCUT2D eigenvalue weighted by Crippen LogP contribution is 2.30. The van der Waals surface area contributed by atoms with Crippen molar-refractivity contribution in [3.8, 4) is 0 Å². The van der Waals surface area contributed by atoms with Gasteiger partial charge in [0.1, 0.15) is 0 Å². The monoisotopic (exact) mass is 561 g/mol. The second-order valence-electron chi connectivity index (χ2n) is 12.6. The number of quaternary nitrogens is 1. The molecule has 0 aliphatic carbocycles. The van der Waals surface area contributed by atoms with Gasteiger partial charge in [0.15, 0.2) is 6.04 Å². The predicted molar refractivity (Wildman–Crippen MR) is 170 cm³/mol. The molecule has 6 nitrogen and oxygen atoms in total. The van der Waals surface area contributed by atoms with Crippen LogP contribution in [0.1, 0.15) is 87.0 Å². The summed E-state index contributed by atoms with van der Waals surface area (Å²) in [6.45, 7) is 15.6. The first-order valence-corrected chi connectivity index (χ1v) is 16.1. The number of unbranched alkanes of at least 4 members (excludes halogenated alkanes) is 2. The molecule has 3 unspecified atom stereocenters. The third-order valence-corrected chi connectivity index (χ3v) is 9.85. The summed E-state index contributed by atoms with van der Waals surface area (Å²) in [6.07, 6.45) is 9.86. The minimum atomic E-state index is -0.0446. The Bertz CT molecular complexity index is 1150. The molecule has 2 heterocycles. The smallest absolute Gasteiger partial charge is 0.282 e. The minimum absolute atomic E-state index is 0.0211. The summed E-state index contributed by atoms with van der Waals surface area (Å²) >= 11 is 0. The van der Waals surface area contributed by atoms with Crippen LogP contribution in [-0.4, -0.2) is 66.0 Å². The Morgan fingerprint density at radius 3 is 1.98 bits per heavy atom. The molecule has 2 aromatic carbocycles. The van der Waals surface area contributed by atoms with Gasteiger partial charge in [-0.1, -0.05) is 42.8 Å². The molecule has 0 radical (unpaired) electrons. The maximum absolute atomic E-state index is 13.6. The van der Waals surface area contributed by atoms with Crippen LogP contribution in [0.5, 0.6) is 0 Å². The van der Waals surface area contributed by atoms with Gasteiger partial charge in [-0.15, -0.1) is 0 Å². The third kappa shape index (κ3) is 7.58. The van der Waals surface area contributed by atoms with Crippen LogP contribution in [0.25, 0.3) is 0 Å². The van der Waals surface area contributed by atoms with Crippen molar-refractivity contribution in [2.24, 2.45) is 0 Å². The summed E-state index contributed by atoms with van der Waals surface area (Å²) in [7, 11) is 0. The van der Waals surface area contributed by atoms with Crippen molar-refractivity contribution in [3.05, 3.63) is 58.7 Å². The van der Waals surface area contributed by atoms with E-state index in [4.69, 9.17) is 0 Å². The lowest BCUT2D eigenvalue weighted by Gasteiger charge is -2.46. The first-order chi connectivity index (χ1) is 19.8. The Hall–Kier alpha value is -2.70. The average Bonchev–Trinajstić information content (AvgIpc) is 2.97. The van der Waals surface area contributed by atoms with Gasteiger partial charge in [0.2, 0.25) is 5.91 Å². The van der Waals surface area contributed by atoms with Crippen LogP contribution in [0, 0.1) is 27.7 Å². The average molecular weight is 562 g/mol. The van der Waals surface area contributed by atoms with E-state index in [2.05, 4.69) is 80.5 Å². The van der Waals surface area contributed by atoms with Crippen molar-refractivity contribution in [3.63, 3.8) is 0 Å². The number of nitrogens with zero attached hydrogens (tertiary/aromatic N) is 2. The van der Waals surface area contributed by atoms with Gasteiger partial charge >= 0.3 is 0 Å². The fourth-order valence-corrected chi connectivity index (χ4v) is 7.29. The number of aryl methyl sites for hydroxylation is 4. The summed E-state index contributed by atoms with van der Waals surface area (Å²) in [4.78, 5) is 29.4. The molecule has 4 rings (SSSR count). The van der Waals surface area contributed by atoms with Gasteiger partial charge in [-0.05, 0) is 115 Å². The summed E-state index contributed by atoms with van der Waals surface area (Å²) in [5, 5.41) is 6.58. The van der Waals surface area contributed by atoms with Gasteiger partial charge in [-0.25, -0.2) is 0 Å². The van der Waals surface area contributed by atoms with E-state index in [-0.39, 0.29) is 23.9 Å². The molecule has 2 aliphatic heterocycles. The Morgan fingerprint density at radius 2 is 1.37 bits per heavy atom. The van der Waals surface area contributed by atoms with Crippen LogP contribution in [-0.2, 0) is 9.59 Å². The van der Waals surface area contributed by atoms with Gasteiger partial charge in [-0.3, -0.25) is 14.5 Å². The molecule has 224 valence electrons. The Labute approximate surface area is 248 Å². The Kier molecular flexibility index (Phi) is 11.0. The first kappa shape index (κ1) is 31.2. The summed E-state index contributed by atoms with van der Waals surface area (Å²) in [5.41, 5.74) is 6.44. The van der Waals surface area contributed by atoms with E-state index in [9.17, 15) is 9.59 Å². The second-order valence-corrected chi connectivity index (χ2v) is 12.6. The first-order valence-electron chi connectivity index (χ1n) is 16.1. The van der Waals surface area contributed by atoms with Crippen molar-refractivity contribution in [1.82, 2.24) is 4.90 Å². The zero-order valence-electron chi connectivity index (χ0n) is 26.2. The molecule has 2 N–H and O–H groups in total. The van der Waals surface area contributed by atoms with Crippen molar-refractivity contribution in [2.45, 2.75) is 104 Å². The normalized spacial score (nSPS) is 23.2. The highest BCUT2D eigenvalue weighted by Gasteiger charge is 2.42. The molecular formula is C35H53N4O2+. The lowest BCUT2D eigenvalue weighted by Crippen LogP contribution is -2.62. The fourth-order valence-electron chi connectivity index (χ4n) is 7.29. The molecule has 2 saturated heterocycles. The second kappa shape index (κ2) is 14.5. The maximum Gasteiger partial charge on any atom is 0.282 e. The van der Waals surface area contributed by atoms with Crippen LogP contribution in [0.15, 0.2) is 36.4 Å². The molecule has 6 heteroatoms. The number of hydrogen-bond donors (Lipinski definition) is 2. The number of likely N-dealkylation sites (N-methyl/N-ethyl adjacent to an activating group) is 1. The van der Waals surface area contributed by atoms with Gasteiger partial charge in [0.05, 0.1) is 25.7 Å². The van der Waals surface area contributed by atoms with Crippen molar-refractivity contribution in [1.29, 1.82) is 0 Å². The van der Waals surface area contributed by atoms with E-state index >= 15 is 0 Å². The van der Waals surface area contributed by atoms with Crippen molar-refractivity contribution >= 4 is 23.2 Å². The van der Waals surface area contributed by atoms with Crippen molar-refractivity contribution < 1.29 is 14.1 Å². The van der Waals surface area contributed by atoms with Crippen LogP contribution in [0.4, 0.5) is 11.4 Å². The lowest BCUT2D eigenvalue weighted by molar-refractivity contribution is -0.945. The molecule has 0 bridgehead atoms. The zero-order valence-corrected chi connectivity index (χ0v) is 26.2. The molecule has 3 atom stereocenters. The number of amides is 2. The number of rotatable bonds is 11. The highest BCUT2D eigenvalue weighted by molar-refractivity contribution is 5.96. The van der Waals surface area contributed by atoms with Gasteiger partial charge < -0.3 is 15.1 Å². The van der Waals surface area contributed by atoms with Crippen LogP contribution in [0.2, 0.25) is 0 Å². The molecule has 2 fully saturated rings. The van der Waals surface area contributed by atoms with Crippen LogP contribution in [0.3, 0.4) is 0 Å². The molecule has 2 amide bonds. The zero-order chi connectivity index (χ0) is 29.4. The number of piperidine rings is 2. The van der Waals surface area contributed by atoms with E-state index in [0.29, 0.717) is 0 Å². The third-order valence-electron chi connectivity index (χ3n) is 9.85. The van der Waals surface area contributed by atoms with E-state index < -0.39 is 0 Å². The largest absolute Gasteiger partial charge is 0.324 e. The summed E-state index contributed by atoms with van der Waals surface area (Å²) in [5.74, 6) is 0.332. The number of benzene rings is 2. The maximum atomic E-state index is 13.6. The topological polar surface area (TPSA) is 61.4 Å². The van der Waals surface area contributed by atoms with Crippen LogP contribution >= 0.6 is 0 Å². The quantitative estimate of drug-likeness (QED) is 0.231. The fraction of sp³-hybridized carbons (Fsp3) is 0.600. The summed E-state index contributed by atoms with van der Waals surface area (Å²) in [6, 6.07) is 12.3. The van der Waals surface area contributed by atoms with Crippen molar-refractivity contribution in [2.75, 3.05) is 43.4 Å². The number of nitrogens with one attached hydrogen (secondary N) is 2. The van der Waals surface area contributed by atoms with E-state index in [0.717, 1.165) is 116 Å². The highest BCUT2D eigenvalue weighted by atomic mass is 16.2. The number of anilines is 2. The molecule has 2 aliphatic rings. The SMILES string of the molecule is CC[N+]1(CCCCCN2CCCCC2C(=O)Nc2c(C)cccc2C)CCCCC1C(=O)Nc1c(C)cccc1C. The predicted octanol–water partition coefficient (Wildman–Crippen LogP) is 6.91. The molecule has 41 heavy (non-hydrogen) atoms. The molecule has 0 spiro atoms. The Balaban J connectivity index is 1.31. The molecule has 2 aromatic rings. The van der Waals surface area contributed by atoms with Crippen LogP contribution < -0.4 is 10.6 Å². The van der Waals surface area contributed by atoms with Gasteiger partial charge in [0, 0.05) is 17.8 Å². The van der Waals surface area contributed by atoms with Gasteiger partial charge in [0.25, 0.3) is 5.91 Å². The molecule has 0 saturated carbocycles. The number of likely N-dealkylation sites (tertiary alicyclic amines) is 2. The van der Waals surface area contributed by atoms with E-state index in [1.807, 2.05) is 6.07 Å². The summed E-state index contributed by atoms with van der Waals surface area (Å²) < 4.78 is 0.904.